The molecule has 7 nitrogen and oxygen atoms in total. The van der Waals surface area contributed by atoms with Crippen molar-refractivity contribution in [1.29, 1.82) is 0 Å². The van der Waals surface area contributed by atoms with E-state index in [-0.39, 0.29) is 6.61 Å². The van der Waals surface area contributed by atoms with Gasteiger partial charge in [-0.25, -0.2) is 0 Å². The Hall–Kier alpha value is -0.0100. The third-order valence-corrected chi connectivity index (χ3v) is 6.27. The highest BCUT2D eigenvalue weighted by Crippen LogP contribution is 2.40. The third-order valence-electron chi connectivity index (χ3n) is 5.28. The molecule has 31 heavy (non-hydrogen) atoms. The van der Waals surface area contributed by atoms with Crippen molar-refractivity contribution in [2.45, 2.75) is 103 Å². The van der Waals surface area contributed by atoms with Crippen molar-refractivity contribution in [1.82, 2.24) is 0 Å². The summed E-state index contributed by atoms with van der Waals surface area (Å²) in [4.78, 5) is 11.3. The van der Waals surface area contributed by atoms with Crippen molar-refractivity contribution < 1.29 is 32.5 Å². The van der Waals surface area contributed by atoms with Crippen LogP contribution in [0.3, 0.4) is 0 Å². The summed E-state index contributed by atoms with van der Waals surface area (Å²) in [6.45, 7) is 5.74. The highest BCUT2D eigenvalue weighted by atomic mass is 31.2. The number of phosphoric ester groups is 1. The second kappa shape index (κ2) is 18.4. The molecule has 0 aromatic carbocycles. The fourth-order valence-corrected chi connectivity index (χ4v) is 3.97. The van der Waals surface area contributed by atoms with Crippen LogP contribution in [0, 0.1) is 0 Å². The molecule has 1 heterocycles. The molecule has 0 aromatic rings. The zero-order valence-electron chi connectivity index (χ0n) is 21.1. The van der Waals surface area contributed by atoms with Gasteiger partial charge in [-0.05, 0) is 19.3 Å². The average molecular weight is 468 g/mol. The first-order valence-corrected chi connectivity index (χ1v) is 13.7. The van der Waals surface area contributed by atoms with Crippen molar-refractivity contribution >= 4 is 7.82 Å². The topological polar surface area (TPSA) is 77.1 Å². The third kappa shape index (κ3) is 20.3. The second-order valence-corrected chi connectivity index (χ2v) is 10.7. The zero-order chi connectivity index (χ0) is 23.6. The lowest BCUT2D eigenvalue weighted by atomic mass is 10.0. The number of ether oxygens (including phenoxy) is 2. The fourth-order valence-electron chi connectivity index (χ4n) is 3.08. The summed E-state index contributed by atoms with van der Waals surface area (Å²) in [5.74, 6) is 0. The Bertz CT molecular complexity index is 450. The van der Waals surface area contributed by atoms with E-state index in [4.69, 9.17) is 18.5 Å². The molecule has 1 aliphatic rings. The van der Waals surface area contributed by atoms with Crippen LogP contribution >= 0.6 is 7.82 Å². The zero-order valence-corrected chi connectivity index (χ0v) is 22.0. The van der Waals surface area contributed by atoms with Gasteiger partial charge in [0.15, 0.2) is 6.29 Å². The molecule has 0 aliphatic carbocycles. The molecule has 0 amide bonds. The number of unbranched alkanes of at least 4 members (excludes halogenated alkanes) is 8. The van der Waals surface area contributed by atoms with Crippen LogP contribution in [0.1, 0.15) is 90.9 Å². The van der Waals surface area contributed by atoms with E-state index in [2.05, 4.69) is 6.92 Å². The molecule has 0 aromatic heterocycles. The summed E-state index contributed by atoms with van der Waals surface area (Å²) < 4.78 is 31.6. The van der Waals surface area contributed by atoms with Crippen LogP contribution in [0.25, 0.3) is 0 Å². The smallest absolute Gasteiger partial charge is 0.270 e. The highest BCUT2D eigenvalue weighted by Gasteiger charge is 2.18. The minimum atomic E-state index is -4.25. The van der Waals surface area contributed by atoms with Crippen LogP contribution in [0.15, 0.2) is 0 Å². The normalized spacial score (nSPS) is 19.1. The van der Waals surface area contributed by atoms with Gasteiger partial charge in [0.1, 0.15) is 13.2 Å². The van der Waals surface area contributed by atoms with E-state index in [0.29, 0.717) is 23.6 Å². The molecule has 3 atom stereocenters. The Labute approximate surface area is 192 Å². The number of nitrogens with zero attached hydrogens (tertiary/aromatic N) is 1. The van der Waals surface area contributed by atoms with Crippen molar-refractivity contribution in [3.8, 4) is 0 Å². The summed E-state index contributed by atoms with van der Waals surface area (Å²) in [6.07, 6.45) is 15.8. The van der Waals surface area contributed by atoms with Crippen LogP contribution in [-0.2, 0) is 23.1 Å². The lowest BCUT2D eigenvalue weighted by Crippen LogP contribution is -2.37. The summed E-state index contributed by atoms with van der Waals surface area (Å²) in [7, 11) is 2.98. The number of methoxy groups -OCH3 is 1. The predicted octanol–water partition coefficient (Wildman–Crippen LogP) is 5.27. The summed E-state index contributed by atoms with van der Waals surface area (Å²) in [5, 5.41) is 0. The number of quaternary nitrogens is 1. The maximum atomic E-state index is 11.3. The molecule has 1 aliphatic heterocycles. The standard InChI is InChI=1S/C14H28O.C9H22NO5P/c1-2-3-4-5-6-7-8-9-10-11-14-12-13-15-14;1-6-9(13-5)15-16(11,12)14-8-7-10(2,3)4/h14H,2-13H2,1H3;9H,6-8H2,1-5H3. The lowest BCUT2D eigenvalue weighted by Gasteiger charge is -2.29. The molecule has 0 saturated carbocycles. The van der Waals surface area contributed by atoms with Crippen molar-refractivity contribution in [2.24, 2.45) is 0 Å². The number of phosphoric acid groups is 1. The lowest BCUT2D eigenvalue weighted by molar-refractivity contribution is -0.870. The first kappa shape index (κ1) is 31.0. The van der Waals surface area contributed by atoms with Crippen molar-refractivity contribution in [2.75, 3.05) is 48.0 Å². The van der Waals surface area contributed by atoms with Gasteiger partial charge in [-0.2, -0.15) is 0 Å². The number of rotatable bonds is 18. The van der Waals surface area contributed by atoms with Crippen LogP contribution in [-0.4, -0.2) is 64.9 Å². The fraction of sp³-hybridized carbons (Fsp3) is 1.00. The van der Waals surface area contributed by atoms with Gasteiger partial charge >= 0.3 is 0 Å². The average Bonchev–Trinajstić information content (AvgIpc) is 2.65. The molecule has 1 fully saturated rings. The Morgan fingerprint density at radius 2 is 1.58 bits per heavy atom. The van der Waals surface area contributed by atoms with Gasteiger partial charge in [-0.1, -0.05) is 71.6 Å². The molecular formula is C23H50NO6P. The number of likely N-dealkylation sites (N-methyl/N-ethyl adjacent to an activating group) is 1. The van der Waals surface area contributed by atoms with Crippen LogP contribution in [0.5, 0.6) is 0 Å². The Kier molecular flexibility index (Phi) is 18.4. The van der Waals surface area contributed by atoms with Gasteiger partial charge in [0.05, 0.1) is 27.2 Å². The van der Waals surface area contributed by atoms with Gasteiger partial charge in [0.25, 0.3) is 7.82 Å². The summed E-state index contributed by atoms with van der Waals surface area (Å²) >= 11 is 0. The predicted molar refractivity (Wildman–Crippen MR) is 125 cm³/mol. The van der Waals surface area contributed by atoms with Gasteiger partial charge in [-0.3, -0.25) is 9.09 Å². The van der Waals surface area contributed by atoms with E-state index >= 15 is 0 Å². The van der Waals surface area contributed by atoms with Gasteiger partial charge in [0.2, 0.25) is 0 Å². The summed E-state index contributed by atoms with van der Waals surface area (Å²) in [5.41, 5.74) is 0. The molecular weight excluding hydrogens is 417 g/mol. The maximum absolute atomic E-state index is 11.3. The van der Waals surface area contributed by atoms with E-state index in [1.165, 1.54) is 77.7 Å². The monoisotopic (exact) mass is 467 g/mol. The molecule has 0 radical (unpaired) electrons. The molecule has 0 N–H and O–H groups in total. The Morgan fingerprint density at radius 3 is 2.00 bits per heavy atom. The minimum absolute atomic E-state index is 0.102. The second-order valence-electron chi connectivity index (χ2n) is 9.37. The molecule has 8 heteroatoms. The molecule has 0 bridgehead atoms. The van der Waals surface area contributed by atoms with E-state index < -0.39 is 14.1 Å². The number of hydrogen-bond acceptors (Lipinski definition) is 6. The van der Waals surface area contributed by atoms with Crippen molar-refractivity contribution in [3.05, 3.63) is 0 Å². The maximum Gasteiger partial charge on any atom is 0.270 e. The van der Waals surface area contributed by atoms with Crippen LogP contribution in [0.4, 0.5) is 0 Å². The van der Waals surface area contributed by atoms with Crippen LogP contribution in [0.2, 0.25) is 0 Å². The molecule has 0 spiro atoms. The van der Waals surface area contributed by atoms with Gasteiger partial charge < -0.3 is 23.4 Å². The largest absolute Gasteiger partial charge is 0.756 e. The minimum Gasteiger partial charge on any atom is -0.756 e. The van der Waals surface area contributed by atoms with Crippen LogP contribution < -0.4 is 4.89 Å². The van der Waals surface area contributed by atoms with Gasteiger partial charge in [0, 0.05) is 13.7 Å². The number of hydrogen-bond donors (Lipinski definition) is 0. The first-order valence-electron chi connectivity index (χ1n) is 12.2. The summed E-state index contributed by atoms with van der Waals surface area (Å²) in [6, 6.07) is 0. The SMILES string of the molecule is CCC(OC)OP(=O)([O-])OCC[N+](C)(C)C.CCCCCCCCCCCC1CCO1. The quantitative estimate of drug-likeness (QED) is 0.118. The van der Waals surface area contributed by atoms with E-state index in [9.17, 15) is 9.46 Å². The Balaban J connectivity index is 0.000000581. The molecule has 188 valence electrons. The first-order chi connectivity index (χ1) is 14.6. The van der Waals surface area contributed by atoms with E-state index in [1.54, 1.807) is 6.92 Å². The molecule has 3 unspecified atom stereocenters. The van der Waals surface area contributed by atoms with Gasteiger partial charge in [-0.15, -0.1) is 0 Å². The molecule has 1 saturated heterocycles. The van der Waals surface area contributed by atoms with E-state index in [0.717, 1.165) is 6.61 Å². The van der Waals surface area contributed by atoms with Crippen molar-refractivity contribution in [3.63, 3.8) is 0 Å². The Morgan fingerprint density at radius 1 is 1.03 bits per heavy atom. The highest BCUT2D eigenvalue weighted by molar-refractivity contribution is 7.45. The molecule has 1 rings (SSSR count). The van der Waals surface area contributed by atoms with E-state index in [1.807, 2.05) is 21.1 Å².